The van der Waals surface area contributed by atoms with Gasteiger partial charge in [0, 0.05) is 10.0 Å². The van der Waals surface area contributed by atoms with E-state index in [9.17, 15) is 9.90 Å². The number of amides is 1. The Kier molecular flexibility index (Phi) is 4.50. The van der Waals surface area contributed by atoms with E-state index in [1.807, 2.05) is 38.1 Å². The van der Waals surface area contributed by atoms with Crippen LogP contribution in [0.1, 0.15) is 25.8 Å². The highest BCUT2D eigenvalue weighted by atomic mass is 79.9. The van der Waals surface area contributed by atoms with Crippen LogP contribution in [0.3, 0.4) is 0 Å². The number of halogens is 1. The van der Waals surface area contributed by atoms with Crippen molar-refractivity contribution < 1.29 is 14.6 Å². The van der Waals surface area contributed by atoms with Gasteiger partial charge in [-0.25, -0.2) is 0 Å². The van der Waals surface area contributed by atoms with Crippen LogP contribution in [-0.2, 0) is 4.79 Å². The second-order valence-electron chi connectivity index (χ2n) is 5.17. The first-order valence-corrected chi connectivity index (χ1v) is 7.33. The Morgan fingerprint density at radius 3 is 2.95 bits per heavy atom. The summed E-state index contributed by atoms with van der Waals surface area (Å²) in [5, 5.41) is 12.2. The van der Waals surface area contributed by atoms with Gasteiger partial charge < -0.3 is 15.2 Å². The van der Waals surface area contributed by atoms with Crippen LogP contribution in [0, 0.1) is 0 Å². The van der Waals surface area contributed by atoms with Gasteiger partial charge in [-0.2, -0.15) is 0 Å². The van der Waals surface area contributed by atoms with Gasteiger partial charge in [-0.1, -0.05) is 22.9 Å². The van der Waals surface area contributed by atoms with Gasteiger partial charge in [-0.05, 0) is 37.6 Å². The Balaban J connectivity index is 2.20. The Morgan fingerprint density at radius 2 is 2.30 bits per heavy atom. The normalized spacial score (nSPS) is 16.5. The van der Waals surface area contributed by atoms with E-state index in [4.69, 9.17) is 4.74 Å². The minimum atomic E-state index is -0.602. The quantitative estimate of drug-likeness (QED) is 0.886. The number of hydrogen-bond donors (Lipinski definition) is 2. The molecule has 1 aliphatic rings. The number of hydrogen-bond acceptors (Lipinski definition) is 3. The van der Waals surface area contributed by atoms with Crippen molar-refractivity contribution in [1.82, 2.24) is 5.32 Å². The molecule has 20 heavy (non-hydrogen) atoms. The first kappa shape index (κ1) is 15.1. The number of benzene rings is 1. The molecular weight excluding hydrogens is 322 g/mol. The summed E-state index contributed by atoms with van der Waals surface area (Å²) in [5.74, 6) is 0.569. The van der Waals surface area contributed by atoms with Gasteiger partial charge in [0.15, 0.2) is 0 Å². The molecule has 0 bridgehead atoms. The summed E-state index contributed by atoms with van der Waals surface area (Å²) in [4.78, 5) is 12.2. The fourth-order valence-electron chi connectivity index (χ4n) is 1.87. The Bertz CT molecular complexity index is 550. The zero-order valence-corrected chi connectivity index (χ0v) is 13.2. The highest BCUT2D eigenvalue weighted by Crippen LogP contribution is 2.29. The molecule has 1 atom stereocenters. The monoisotopic (exact) mass is 339 g/mol. The average Bonchev–Trinajstić information content (AvgIpc) is 2.46. The van der Waals surface area contributed by atoms with Crippen molar-refractivity contribution in [2.45, 2.75) is 25.8 Å². The molecule has 1 unspecified atom stereocenters. The van der Waals surface area contributed by atoms with Crippen LogP contribution in [0.2, 0.25) is 0 Å². The fourth-order valence-corrected chi connectivity index (χ4v) is 2.25. The molecule has 0 saturated carbocycles. The maximum Gasteiger partial charge on any atom is 0.251 e. The molecule has 1 aromatic rings. The van der Waals surface area contributed by atoms with Crippen molar-refractivity contribution >= 4 is 27.9 Å². The van der Waals surface area contributed by atoms with Crippen molar-refractivity contribution in [2.75, 3.05) is 13.2 Å². The third kappa shape index (κ3) is 3.22. The summed E-state index contributed by atoms with van der Waals surface area (Å²) < 4.78 is 6.52. The van der Waals surface area contributed by atoms with Gasteiger partial charge in [0.05, 0.1) is 17.7 Å². The maximum atomic E-state index is 12.2. The third-order valence-corrected chi connectivity index (χ3v) is 4.01. The summed E-state index contributed by atoms with van der Waals surface area (Å²) >= 11 is 3.40. The van der Waals surface area contributed by atoms with Gasteiger partial charge in [-0.3, -0.25) is 4.79 Å². The Morgan fingerprint density at radius 1 is 1.55 bits per heavy atom. The maximum absolute atomic E-state index is 12.2. The lowest BCUT2D eigenvalue weighted by Crippen LogP contribution is -2.49. The molecule has 108 valence electrons. The van der Waals surface area contributed by atoms with Crippen LogP contribution >= 0.6 is 15.9 Å². The van der Waals surface area contributed by atoms with E-state index in [1.54, 1.807) is 0 Å². The molecule has 0 saturated heterocycles. The predicted octanol–water partition coefficient (Wildman–Crippen LogP) is 2.50. The summed E-state index contributed by atoms with van der Waals surface area (Å²) in [5.41, 5.74) is 0.830. The van der Waals surface area contributed by atoms with Gasteiger partial charge in [0.1, 0.15) is 12.4 Å². The van der Waals surface area contributed by atoms with E-state index in [0.717, 1.165) is 15.8 Å². The molecule has 4 nitrogen and oxygen atoms in total. The van der Waals surface area contributed by atoms with Crippen LogP contribution in [0.5, 0.6) is 5.75 Å². The Hall–Kier alpha value is -1.33. The highest BCUT2D eigenvalue weighted by molar-refractivity contribution is 9.10. The average molecular weight is 340 g/mol. The summed E-state index contributed by atoms with van der Waals surface area (Å²) in [6, 6.07) is 5.68. The summed E-state index contributed by atoms with van der Waals surface area (Å²) in [6.07, 6.45) is 2.48. The number of carbonyl (C=O) groups is 1. The van der Waals surface area contributed by atoms with Crippen LogP contribution in [-0.4, -0.2) is 29.8 Å². The third-order valence-electron chi connectivity index (χ3n) is 3.52. The molecule has 2 N–H and O–H groups in total. The SMILES string of the molecule is CCC(C)(CO)NC(=O)C1=Cc2cc(Br)ccc2OC1. The molecular formula is C15H18BrNO3. The van der Waals surface area contributed by atoms with Gasteiger partial charge in [-0.15, -0.1) is 0 Å². The standard InChI is InChI=1S/C15H18BrNO3/c1-3-15(2,9-18)17-14(19)11-6-10-7-12(16)4-5-13(10)20-8-11/h4-7,18H,3,8-9H2,1-2H3,(H,17,19). The largest absolute Gasteiger partial charge is 0.488 e. The van der Waals surface area contributed by atoms with E-state index < -0.39 is 5.54 Å². The molecule has 0 spiro atoms. The number of rotatable bonds is 4. The van der Waals surface area contributed by atoms with Gasteiger partial charge >= 0.3 is 0 Å². The van der Waals surface area contributed by atoms with E-state index in [1.165, 1.54) is 0 Å². The van der Waals surface area contributed by atoms with Gasteiger partial charge in [0.25, 0.3) is 5.91 Å². The molecule has 1 aliphatic heterocycles. The number of aliphatic hydroxyl groups excluding tert-OH is 1. The molecule has 0 radical (unpaired) electrons. The highest BCUT2D eigenvalue weighted by Gasteiger charge is 2.26. The first-order valence-electron chi connectivity index (χ1n) is 6.54. The van der Waals surface area contributed by atoms with Crippen LogP contribution in [0.4, 0.5) is 0 Å². The van der Waals surface area contributed by atoms with Crippen molar-refractivity contribution in [3.05, 3.63) is 33.8 Å². The molecule has 0 fully saturated rings. The minimum Gasteiger partial charge on any atom is -0.488 e. The number of nitrogens with one attached hydrogen (secondary N) is 1. The summed E-state index contributed by atoms with van der Waals surface area (Å²) in [6.45, 7) is 3.89. The van der Waals surface area contributed by atoms with Crippen molar-refractivity contribution in [3.63, 3.8) is 0 Å². The Labute approximate surface area is 127 Å². The van der Waals surface area contributed by atoms with Gasteiger partial charge in [0.2, 0.25) is 0 Å². The van der Waals surface area contributed by atoms with E-state index in [-0.39, 0.29) is 19.1 Å². The molecule has 5 heteroatoms. The molecule has 1 aromatic carbocycles. The van der Waals surface area contributed by atoms with Crippen molar-refractivity contribution in [3.8, 4) is 5.75 Å². The summed E-state index contributed by atoms with van der Waals surface area (Å²) in [7, 11) is 0. The first-order chi connectivity index (χ1) is 9.47. The molecule has 0 aromatic heterocycles. The van der Waals surface area contributed by atoms with Crippen LogP contribution in [0.25, 0.3) is 6.08 Å². The molecule has 1 amide bonds. The number of aliphatic hydroxyl groups is 1. The zero-order chi connectivity index (χ0) is 14.8. The second kappa shape index (κ2) is 5.97. The van der Waals surface area contributed by atoms with E-state index >= 15 is 0 Å². The minimum absolute atomic E-state index is 0.0918. The topological polar surface area (TPSA) is 58.6 Å². The zero-order valence-electron chi connectivity index (χ0n) is 11.6. The van der Waals surface area contributed by atoms with E-state index in [2.05, 4.69) is 21.2 Å². The lowest BCUT2D eigenvalue weighted by Gasteiger charge is -2.28. The molecule has 0 aliphatic carbocycles. The van der Waals surface area contributed by atoms with Crippen molar-refractivity contribution in [1.29, 1.82) is 0 Å². The van der Waals surface area contributed by atoms with Crippen LogP contribution in [0.15, 0.2) is 28.2 Å². The lowest BCUT2D eigenvalue weighted by molar-refractivity contribution is -0.120. The smallest absolute Gasteiger partial charge is 0.251 e. The number of ether oxygens (including phenoxy) is 1. The predicted molar refractivity (Wildman–Crippen MR) is 81.5 cm³/mol. The number of carbonyl (C=O) groups excluding carboxylic acids is 1. The van der Waals surface area contributed by atoms with Crippen molar-refractivity contribution in [2.24, 2.45) is 0 Å². The second-order valence-corrected chi connectivity index (χ2v) is 6.08. The fraction of sp³-hybridized carbons (Fsp3) is 0.400. The molecule has 2 rings (SSSR count). The molecule has 1 heterocycles. The lowest BCUT2D eigenvalue weighted by atomic mass is 9.99. The number of fused-ring (bicyclic) bond motifs is 1. The van der Waals surface area contributed by atoms with Crippen LogP contribution < -0.4 is 10.1 Å². The van der Waals surface area contributed by atoms with E-state index in [0.29, 0.717) is 12.0 Å².